The molecule has 1 aliphatic heterocycles. The summed E-state index contributed by atoms with van der Waals surface area (Å²) in [4.78, 5) is 10.9. The smallest absolute Gasteiger partial charge is 0.153 e. The number of nitrogens with two attached hydrogens (primary N) is 1. The Balaban J connectivity index is 2.18. The Morgan fingerprint density at radius 3 is 3.06 bits per heavy atom. The van der Waals surface area contributed by atoms with Gasteiger partial charge in [-0.1, -0.05) is 24.3 Å². The summed E-state index contributed by atoms with van der Waals surface area (Å²) in [5.74, 6) is 0.608. The SMILES string of the molecule is NCC(O)CNC1=NNC(C=O)c2ccccc21. The highest BCUT2D eigenvalue weighted by Gasteiger charge is 2.21. The quantitative estimate of drug-likeness (QED) is 0.518. The molecule has 0 radical (unpaired) electrons. The zero-order valence-corrected chi connectivity index (χ0v) is 9.84. The Labute approximate surface area is 105 Å². The van der Waals surface area contributed by atoms with Gasteiger partial charge in [0.2, 0.25) is 0 Å². The summed E-state index contributed by atoms with van der Waals surface area (Å²) in [6.07, 6.45) is 0.192. The molecule has 1 aliphatic rings. The molecule has 0 saturated heterocycles. The van der Waals surface area contributed by atoms with Crippen molar-refractivity contribution < 1.29 is 9.90 Å². The van der Waals surface area contributed by atoms with Crippen molar-refractivity contribution in [3.05, 3.63) is 35.4 Å². The maximum absolute atomic E-state index is 10.9. The minimum atomic E-state index is -0.622. The van der Waals surface area contributed by atoms with Gasteiger partial charge in [0.25, 0.3) is 0 Å². The molecule has 0 spiro atoms. The molecule has 2 atom stereocenters. The second kappa shape index (κ2) is 5.61. The molecule has 6 heteroatoms. The number of hydrazone groups is 1. The van der Waals surface area contributed by atoms with Crippen molar-refractivity contribution in [2.24, 2.45) is 10.8 Å². The zero-order chi connectivity index (χ0) is 13.0. The highest BCUT2D eigenvalue weighted by Crippen LogP contribution is 2.20. The summed E-state index contributed by atoms with van der Waals surface area (Å²) < 4.78 is 0. The van der Waals surface area contributed by atoms with Gasteiger partial charge in [0.15, 0.2) is 5.84 Å². The second-order valence-corrected chi connectivity index (χ2v) is 4.06. The van der Waals surface area contributed by atoms with Gasteiger partial charge in [-0.3, -0.25) is 5.43 Å². The van der Waals surface area contributed by atoms with E-state index in [-0.39, 0.29) is 6.54 Å². The lowest BCUT2D eigenvalue weighted by molar-refractivity contribution is -0.109. The van der Waals surface area contributed by atoms with E-state index in [2.05, 4.69) is 15.8 Å². The van der Waals surface area contributed by atoms with E-state index in [1.807, 2.05) is 24.3 Å². The van der Waals surface area contributed by atoms with E-state index < -0.39 is 12.1 Å². The number of carbonyl (C=O) groups excluding carboxylic acids is 1. The number of fused-ring (bicyclic) bond motifs is 1. The highest BCUT2D eigenvalue weighted by atomic mass is 16.3. The number of hydrogen-bond donors (Lipinski definition) is 4. The molecule has 18 heavy (non-hydrogen) atoms. The molecule has 0 aromatic heterocycles. The minimum absolute atomic E-state index is 0.187. The van der Waals surface area contributed by atoms with E-state index in [1.54, 1.807) is 0 Å². The lowest BCUT2D eigenvalue weighted by atomic mass is 9.99. The van der Waals surface area contributed by atoms with Gasteiger partial charge < -0.3 is 21.0 Å². The van der Waals surface area contributed by atoms with Crippen LogP contribution in [0.15, 0.2) is 29.4 Å². The van der Waals surface area contributed by atoms with Crippen molar-refractivity contribution in [3.8, 4) is 0 Å². The van der Waals surface area contributed by atoms with Crippen molar-refractivity contribution in [3.63, 3.8) is 0 Å². The van der Waals surface area contributed by atoms with Crippen LogP contribution in [-0.4, -0.2) is 36.4 Å². The van der Waals surface area contributed by atoms with Crippen molar-refractivity contribution in [2.75, 3.05) is 13.1 Å². The van der Waals surface area contributed by atoms with Crippen LogP contribution in [-0.2, 0) is 4.79 Å². The fourth-order valence-electron chi connectivity index (χ4n) is 1.78. The van der Waals surface area contributed by atoms with Gasteiger partial charge in [-0.15, -0.1) is 0 Å². The molecule has 0 saturated carbocycles. The largest absolute Gasteiger partial charge is 0.390 e. The van der Waals surface area contributed by atoms with Gasteiger partial charge in [0.1, 0.15) is 12.3 Å². The van der Waals surface area contributed by atoms with Crippen LogP contribution < -0.4 is 16.5 Å². The van der Waals surface area contributed by atoms with Crippen molar-refractivity contribution in [1.82, 2.24) is 10.7 Å². The lowest BCUT2D eigenvalue weighted by Crippen LogP contribution is -2.40. The summed E-state index contributed by atoms with van der Waals surface area (Å²) >= 11 is 0. The third kappa shape index (κ3) is 2.49. The maximum Gasteiger partial charge on any atom is 0.153 e. The van der Waals surface area contributed by atoms with E-state index in [9.17, 15) is 9.90 Å². The molecule has 2 rings (SSSR count). The highest BCUT2D eigenvalue weighted by molar-refractivity contribution is 6.01. The molecule has 0 fully saturated rings. The van der Waals surface area contributed by atoms with Gasteiger partial charge in [-0.25, -0.2) is 0 Å². The number of aliphatic hydroxyl groups excluding tert-OH is 1. The average molecular weight is 248 g/mol. The molecular weight excluding hydrogens is 232 g/mol. The number of benzene rings is 1. The third-order valence-electron chi connectivity index (χ3n) is 2.78. The van der Waals surface area contributed by atoms with Crippen LogP contribution in [0.2, 0.25) is 0 Å². The number of carbonyl (C=O) groups is 1. The molecule has 6 nitrogen and oxygen atoms in total. The van der Waals surface area contributed by atoms with E-state index in [4.69, 9.17) is 5.73 Å². The first-order valence-corrected chi connectivity index (χ1v) is 5.76. The van der Waals surface area contributed by atoms with Gasteiger partial charge in [-0.05, 0) is 5.56 Å². The van der Waals surface area contributed by atoms with Crippen LogP contribution in [0.5, 0.6) is 0 Å². The Morgan fingerprint density at radius 2 is 2.33 bits per heavy atom. The molecule has 5 N–H and O–H groups in total. The van der Waals surface area contributed by atoms with E-state index in [0.29, 0.717) is 12.4 Å². The number of nitrogens with one attached hydrogen (secondary N) is 2. The van der Waals surface area contributed by atoms with Gasteiger partial charge >= 0.3 is 0 Å². The molecular formula is C12H16N4O2. The summed E-state index contributed by atoms with van der Waals surface area (Å²) in [7, 11) is 0. The first-order chi connectivity index (χ1) is 8.76. The number of rotatable bonds is 4. The molecule has 0 aliphatic carbocycles. The number of amidine groups is 1. The molecule has 2 unspecified atom stereocenters. The van der Waals surface area contributed by atoms with Crippen molar-refractivity contribution >= 4 is 12.1 Å². The van der Waals surface area contributed by atoms with Crippen LogP contribution in [0, 0.1) is 0 Å². The monoisotopic (exact) mass is 248 g/mol. The normalized spacial score (nSPS) is 19.2. The van der Waals surface area contributed by atoms with E-state index >= 15 is 0 Å². The fraction of sp³-hybridized carbons (Fsp3) is 0.333. The van der Waals surface area contributed by atoms with Crippen LogP contribution in [0.25, 0.3) is 0 Å². The maximum atomic E-state index is 10.9. The predicted octanol–water partition coefficient (Wildman–Crippen LogP) is -0.899. The Hall–Kier alpha value is -1.92. The number of nitrogens with zero attached hydrogens (tertiary/aromatic N) is 1. The average Bonchev–Trinajstić information content (AvgIpc) is 2.44. The molecule has 1 aromatic rings. The summed E-state index contributed by atoms with van der Waals surface area (Å²) in [6.45, 7) is 0.503. The Morgan fingerprint density at radius 1 is 1.56 bits per heavy atom. The van der Waals surface area contributed by atoms with Crippen LogP contribution in [0.4, 0.5) is 0 Å². The molecule has 1 aromatic carbocycles. The van der Waals surface area contributed by atoms with E-state index in [0.717, 1.165) is 17.4 Å². The topological polar surface area (TPSA) is 99.7 Å². The third-order valence-corrected chi connectivity index (χ3v) is 2.78. The standard InChI is InChI=1S/C12H16N4O2/c13-5-8(18)6-14-12-10-4-2-1-3-9(10)11(7-17)15-16-12/h1-4,7-8,11,15,18H,5-6,13H2,(H,14,16). The lowest BCUT2D eigenvalue weighted by Gasteiger charge is -2.23. The van der Waals surface area contributed by atoms with Crippen molar-refractivity contribution in [2.45, 2.75) is 12.1 Å². The fourth-order valence-corrected chi connectivity index (χ4v) is 1.78. The zero-order valence-electron chi connectivity index (χ0n) is 9.84. The Bertz CT molecular complexity index is 461. The summed E-state index contributed by atoms with van der Waals surface area (Å²) in [6, 6.07) is 7.08. The summed E-state index contributed by atoms with van der Waals surface area (Å²) in [5.41, 5.74) is 9.82. The van der Waals surface area contributed by atoms with Crippen molar-refractivity contribution in [1.29, 1.82) is 0 Å². The molecule has 1 heterocycles. The summed E-state index contributed by atoms with van der Waals surface area (Å²) in [5, 5.41) is 16.5. The van der Waals surface area contributed by atoms with Gasteiger partial charge in [0.05, 0.1) is 6.10 Å². The Kier molecular flexibility index (Phi) is 3.91. The molecule has 96 valence electrons. The molecule has 0 bridgehead atoms. The minimum Gasteiger partial charge on any atom is -0.390 e. The number of aliphatic hydroxyl groups is 1. The molecule has 0 amide bonds. The number of aldehydes is 1. The van der Waals surface area contributed by atoms with Gasteiger partial charge in [-0.2, -0.15) is 5.10 Å². The van der Waals surface area contributed by atoms with Crippen LogP contribution in [0.3, 0.4) is 0 Å². The second-order valence-electron chi connectivity index (χ2n) is 4.06. The first-order valence-electron chi connectivity index (χ1n) is 5.76. The van der Waals surface area contributed by atoms with Crippen LogP contribution in [0.1, 0.15) is 17.2 Å². The predicted molar refractivity (Wildman–Crippen MR) is 68.0 cm³/mol. The van der Waals surface area contributed by atoms with E-state index in [1.165, 1.54) is 0 Å². The number of hydrogen-bond acceptors (Lipinski definition) is 6. The van der Waals surface area contributed by atoms with Crippen LogP contribution >= 0.6 is 0 Å². The van der Waals surface area contributed by atoms with Gasteiger partial charge in [0, 0.05) is 18.7 Å². The first kappa shape index (κ1) is 12.5.